The predicted molar refractivity (Wildman–Crippen MR) is 427 cm³/mol. The number of hydrogen-bond donors (Lipinski definition) is 10. The number of likely N-dealkylation sites (N-methyl/N-ethyl adjacent to an activating group) is 1. The normalized spacial score (nSPS) is 23.8. The number of carbonyl (C=O) groups excluding carboxylic acids is 6. The summed E-state index contributed by atoms with van der Waals surface area (Å²) >= 11 is 0. The Morgan fingerprint density at radius 1 is 0.715 bits per heavy atom. The zero-order valence-corrected chi connectivity index (χ0v) is 69.7. The molecular weight excluding hydrogens is 1650 g/mol. The van der Waals surface area contributed by atoms with E-state index in [9.17, 15) is 81.3 Å². The number of aromatic hydroxyl groups is 2. The molecule has 4 fully saturated rings. The second kappa shape index (κ2) is 39.0. The van der Waals surface area contributed by atoms with Crippen molar-refractivity contribution in [3.8, 4) is 34.5 Å². The van der Waals surface area contributed by atoms with Gasteiger partial charge in [0, 0.05) is 90.9 Å². The summed E-state index contributed by atoms with van der Waals surface area (Å²) in [6.45, 7) is 5.56. The molecule has 0 saturated carbocycles. The highest BCUT2D eigenvalue weighted by Gasteiger charge is 2.56. The predicted octanol–water partition coefficient (Wildman–Crippen LogP) is 1.78. The van der Waals surface area contributed by atoms with Crippen molar-refractivity contribution < 1.29 is 146 Å². The lowest BCUT2D eigenvalue weighted by Crippen LogP contribution is -2.60. The van der Waals surface area contributed by atoms with Crippen LogP contribution in [0.1, 0.15) is 123 Å². The molecule has 10 N–H and O–H groups in total. The second-order valence-corrected chi connectivity index (χ2v) is 34.4. The summed E-state index contributed by atoms with van der Waals surface area (Å²) < 4.78 is 130. The summed E-state index contributed by atoms with van der Waals surface area (Å²) in [6.07, 6.45) is -13.1. The van der Waals surface area contributed by atoms with E-state index in [1.54, 1.807) is 42.1 Å². The molecule has 662 valence electrons. The van der Waals surface area contributed by atoms with E-state index in [-0.39, 0.29) is 163 Å². The minimum atomic E-state index is -5.13. The number of quaternary nitrogens is 1. The number of ketones is 3. The number of sulfone groups is 1. The summed E-state index contributed by atoms with van der Waals surface area (Å²) in [5.41, 5.74) is -1.49. The molecule has 6 aliphatic rings. The van der Waals surface area contributed by atoms with E-state index >= 15 is 0 Å². The Kier molecular flexibility index (Phi) is 28.7. The van der Waals surface area contributed by atoms with Crippen LogP contribution in [0.15, 0.2) is 120 Å². The summed E-state index contributed by atoms with van der Waals surface area (Å²) in [5.74, 6) is -7.09. The Morgan fingerprint density at radius 2 is 1.41 bits per heavy atom. The van der Waals surface area contributed by atoms with Crippen molar-refractivity contribution >= 4 is 55.3 Å². The van der Waals surface area contributed by atoms with E-state index < -0.39 is 177 Å². The molecule has 13 rings (SSSR count). The second-order valence-electron chi connectivity index (χ2n) is 31.1. The molecule has 13 atom stereocenters. The molecule has 40 heteroatoms. The molecular formula is C83H99N8O30S2+. The lowest BCUT2D eigenvalue weighted by molar-refractivity contribution is -0.902. The standard InChI is InChI=1S/C83H98N8O30S2/c1-46-10-21-54(22-11-46)122(105,106)37-24-58(93)49-14-16-50(17-15-49)77(101)86-42-52-43-89(88-87-52)27-31-112-34-36-113-35-33-111-30-26-84-78(102)51-18-23-59(117-80-75(100)74(99)71(96)63(45-92)118-80)61(38-51)121-123(107,108)120-53-19-12-48(13-20-53)44-91(3,4)29-25-85-82(103)83(104)40-56-66(73(98)68-67(70(56)95)69(94)55-8-7-9-60(109-5)65(55)72(68)97)62(41-83)116-64-39-57-76(47(2)115-64)119-79-81(110-6)114-32-28-90(57)79/h7-23,38,43,47,57,62-64,71,74-76,79-81,92,96,99-100,104H,24-37,39-42,44-45H2,1-6H3,(H4-,84,85,86,87,88,93,94,95,97,98,101,102,103)/p+1/t47-,57-,62-,63+,64-,71-,74-,75+,76+,79+,80?,81-,83-/m0/s1. The molecule has 0 spiro atoms. The van der Waals surface area contributed by atoms with Gasteiger partial charge in [0.15, 0.2) is 51.7 Å². The third-order valence-corrected chi connectivity index (χ3v) is 24.5. The van der Waals surface area contributed by atoms with Gasteiger partial charge in [-0.3, -0.25) is 33.7 Å². The number of methoxy groups -OCH3 is 2. The first kappa shape index (κ1) is 90.7. The van der Waals surface area contributed by atoms with E-state index in [1.807, 2.05) is 21.0 Å². The number of hydrogen-bond acceptors (Lipinski definition) is 33. The number of phenolic OH excluding ortho intramolecular Hbond substituents is 2. The number of nitrogens with one attached hydrogen (secondary N) is 3. The Morgan fingerprint density at radius 3 is 2.12 bits per heavy atom. The quantitative estimate of drug-likeness (QED) is 0.0114. The Bertz CT molecular complexity index is 5230. The van der Waals surface area contributed by atoms with Crippen molar-refractivity contribution in [3.63, 3.8) is 0 Å². The number of aromatic nitrogens is 3. The number of nitrogens with zero attached hydrogens (tertiary/aromatic N) is 5. The van der Waals surface area contributed by atoms with Gasteiger partial charge in [0.05, 0.1) is 146 Å². The smallest absolute Gasteiger partial charge is 0.501 e. The van der Waals surface area contributed by atoms with Crippen molar-refractivity contribution in [3.05, 3.63) is 182 Å². The highest BCUT2D eigenvalue weighted by atomic mass is 32.3. The minimum absolute atomic E-state index is 0.0210. The first-order chi connectivity index (χ1) is 58.8. The fourth-order valence-electron chi connectivity index (χ4n) is 15.6. The van der Waals surface area contributed by atoms with Gasteiger partial charge in [-0.1, -0.05) is 47.2 Å². The fourth-order valence-corrected chi connectivity index (χ4v) is 17.6. The number of morpholine rings is 1. The SMILES string of the molecule is COc1cccc2c1C(=O)c1c(O)c3c(c(O)c1C2=O)C[C@@](O)(C(=O)NCC[N+](C)(C)Cc1ccc(OS(=O)(=O)Oc2cc(C(=O)NCCOCCOCCOCCn4cc(CNC(=O)c5ccc(C(=O)CCS(=O)(=O)c6ccc(C)cc6)cc5)nn4)ccc2OC2O[C@H](CO)[C@H](O)[C@H](O)[C@H]2O)cc1)C[C@@H]3O[C@H]1C[C@H]2[C@H](O[C@@H]3[C@@H](OC)OCCN32)[C@H](C)O1. The van der Waals surface area contributed by atoms with Crippen molar-refractivity contribution in [2.45, 2.75) is 144 Å². The summed E-state index contributed by atoms with van der Waals surface area (Å²) in [4.78, 5) is 84.9. The van der Waals surface area contributed by atoms with Crippen LogP contribution >= 0.6 is 0 Å². The number of carbonyl (C=O) groups is 6. The van der Waals surface area contributed by atoms with E-state index in [4.69, 9.17) is 60.5 Å². The van der Waals surface area contributed by atoms with Gasteiger partial charge in [-0.15, -0.1) is 13.5 Å². The third-order valence-electron chi connectivity index (χ3n) is 22.0. The number of amides is 3. The van der Waals surface area contributed by atoms with Crippen LogP contribution < -0.4 is 33.8 Å². The number of ether oxygens (including phenoxy) is 11. The van der Waals surface area contributed by atoms with E-state index in [1.165, 1.54) is 87.0 Å². The van der Waals surface area contributed by atoms with Crippen LogP contribution in [0.5, 0.6) is 34.5 Å². The molecule has 0 bridgehead atoms. The minimum Gasteiger partial charge on any atom is -0.507 e. The molecule has 4 saturated heterocycles. The number of aliphatic hydroxyl groups excluding tert-OH is 4. The highest BCUT2D eigenvalue weighted by Crippen LogP contribution is 2.53. The first-order valence-electron chi connectivity index (χ1n) is 39.8. The van der Waals surface area contributed by atoms with Crippen molar-refractivity contribution in [2.75, 3.05) is 113 Å². The molecule has 6 aromatic carbocycles. The van der Waals surface area contributed by atoms with Crippen molar-refractivity contribution in [1.82, 2.24) is 35.8 Å². The maximum atomic E-state index is 14.6. The van der Waals surface area contributed by atoms with Crippen molar-refractivity contribution in [1.29, 1.82) is 0 Å². The largest absolute Gasteiger partial charge is 0.507 e. The molecule has 5 heterocycles. The van der Waals surface area contributed by atoms with Gasteiger partial charge in [0.2, 0.25) is 12.1 Å². The summed E-state index contributed by atoms with van der Waals surface area (Å²) in [5, 5.41) is 95.2. The maximum Gasteiger partial charge on any atom is 0.501 e. The van der Waals surface area contributed by atoms with Gasteiger partial charge < -0.3 is 117 Å². The van der Waals surface area contributed by atoms with Gasteiger partial charge >= 0.3 is 10.4 Å². The molecule has 0 radical (unpaired) electrons. The number of benzene rings is 6. The number of aliphatic hydroxyl groups is 5. The third kappa shape index (κ3) is 21.0. The summed E-state index contributed by atoms with van der Waals surface area (Å²) in [6, 6.07) is 25.6. The van der Waals surface area contributed by atoms with E-state index in [0.717, 1.165) is 17.7 Å². The average molecular weight is 1750 g/mol. The molecule has 4 aliphatic heterocycles. The lowest BCUT2D eigenvalue weighted by Gasteiger charge is -2.43. The van der Waals surface area contributed by atoms with Crippen molar-refractivity contribution in [2.24, 2.45) is 0 Å². The van der Waals surface area contributed by atoms with E-state index in [0.29, 0.717) is 31.0 Å². The topological polar surface area (TPSA) is 502 Å². The molecule has 7 aromatic rings. The monoisotopic (exact) mass is 1750 g/mol. The molecule has 1 aromatic heterocycles. The first-order valence-corrected chi connectivity index (χ1v) is 42.8. The van der Waals surface area contributed by atoms with Crippen LogP contribution in [0.2, 0.25) is 0 Å². The Balaban J connectivity index is 0.564. The van der Waals surface area contributed by atoms with Crippen LogP contribution in [-0.2, 0) is 93.7 Å². The zero-order valence-electron chi connectivity index (χ0n) is 68.1. The molecule has 1 unspecified atom stereocenters. The van der Waals surface area contributed by atoms with E-state index in [2.05, 4.69) is 31.2 Å². The molecule has 2 aliphatic carbocycles. The van der Waals surface area contributed by atoms with Crippen LogP contribution in [0.4, 0.5) is 0 Å². The van der Waals surface area contributed by atoms with Gasteiger partial charge in [-0.2, -0.15) is 0 Å². The Hall–Kier alpha value is -10.1. The number of aryl methyl sites for hydroxylation is 1. The number of rotatable bonds is 38. The molecule has 3 amide bonds. The summed E-state index contributed by atoms with van der Waals surface area (Å²) in [7, 11) is -2.26. The fraction of sp³-hybridized carbons (Fsp3) is 0.470. The lowest BCUT2D eigenvalue weighted by atomic mass is 9.72. The molecule has 123 heavy (non-hydrogen) atoms. The average Bonchev–Trinajstić information content (AvgIpc) is 1.31. The highest BCUT2D eigenvalue weighted by molar-refractivity contribution is 7.91. The van der Waals surface area contributed by atoms with Crippen LogP contribution in [-0.4, -0.2) is 298 Å². The molecule has 38 nitrogen and oxygen atoms in total. The van der Waals surface area contributed by atoms with Crippen LogP contribution in [0.25, 0.3) is 0 Å². The number of Topliss-reactive ketones (excluding diaryl/α,β-unsaturated/α-hetero) is 1. The zero-order chi connectivity index (χ0) is 87.8. The van der Waals surface area contributed by atoms with Gasteiger partial charge in [0.1, 0.15) is 71.4 Å². The maximum absolute atomic E-state index is 14.6. The van der Waals surface area contributed by atoms with Crippen LogP contribution in [0.3, 0.4) is 0 Å². The Labute approximate surface area is 707 Å². The van der Waals surface area contributed by atoms with Gasteiger partial charge in [-0.05, 0) is 86.6 Å². The van der Waals surface area contributed by atoms with Crippen LogP contribution in [0, 0.1) is 6.92 Å². The van der Waals surface area contributed by atoms with Gasteiger partial charge in [-0.25, -0.2) is 13.1 Å². The number of phenols is 2. The van der Waals surface area contributed by atoms with Gasteiger partial charge in [0.25, 0.3) is 17.7 Å². The number of fused-ring (bicyclic) bond motifs is 6.